The van der Waals surface area contributed by atoms with Gasteiger partial charge in [0.1, 0.15) is 6.10 Å². The molecule has 18 heavy (non-hydrogen) atoms. The topological polar surface area (TPSA) is 43.4 Å². The van der Waals surface area contributed by atoms with Crippen molar-refractivity contribution in [2.24, 2.45) is 17.8 Å². The molecule has 0 aromatic carbocycles. The highest BCUT2D eigenvalue weighted by molar-refractivity contribution is 5.94. The van der Waals surface area contributed by atoms with Crippen molar-refractivity contribution in [2.45, 2.75) is 52.6 Å². The minimum atomic E-state index is -0.0752. The fourth-order valence-corrected chi connectivity index (χ4v) is 2.94. The van der Waals surface area contributed by atoms with E-state index < -0.39 is 0 Å². The van der Waals surface area contributed by atoms with E-state index in [9.17, 15) is 9.59 Å². The molecule has 3 nitrogen and oxygen atoms in total. The summed E-state index contributed by atoms with van der Waals surface area (Å²) in [5.41, 5.74) is 0.842. The van der Waals surface area contributed by atoms with E-state index in [1.165, 1.54) is 0 Å². The van der Waals surface area contributed by atoms with Gasteiger partial charge in [-0.1, -0.05) is 19.9 Å². The van der Waals surface area contributed by atoms with Gasteiger partial charge in [0.05, 0.1) is 5.92 Å². The minimum Gasteiger partial charge on any atom is -0.462 e. The van der Waals surface area contributed by atoms with Crippen molar-refractivity contribution in [2.75, 3.05) is 0 Å². The lowest BCUT2D eigenvalue weighted by molar-refractivity contribution is -0.144. The van der Waals surface area contributed by atoms with Crippen LogP contribution in [-0.4, -0.2) is 17.9 Å². The predicted molar refractivity (Wildman–Crippen MR) is 68.9 cm³/mol. The third-order valence-electron chi connectivity index (χ3n) is 4.39. The highest BCUT2D eigenvalue weighted by atomic mass is 16.6. The predicted octanol–water partition coefficient (Wildman–Crippen LogP) is 2.89. The van der Waals surface area contributed by atoms with Gasteiger partial charge in [0, 0.05) is 12.3 Å². The first-order chi connectivity index (χ1) is 8.49. The Morgan fingerprint density at radius 2 is 2.00 bits per heavy atom. The third kappa shape index (κ3) is 2.65. The molecule has 0 aromatic rings. The van der Waals surface area contributed by atoms with Gasteiger partial charge in [-0.15, -0.1) is 0 Å². The highest BCUT2D eigenvalue weighted by Gasteiger charge is 2.41. The second kappa shape index (κ2) is 5.25. The summed E-state index contributed by atoms with van der Waals surface area (Å²) in [7, 11) is 0. The highest BCUT2D eigenvalue weighted by Crippen LogP contribution is 2.36. The van der Waals surface area contributed by atoms with Crippen LogP contribution < -0.4 is 0 Å². The molecule has 1 aliphatic heterocycles. The normalized spacial score (nSPS) is 37.8. The fourth-order valence-electron chi connectivity index (χ4n) is 2.94. The number of carbonyl (C=O) groups excluding carboxylic acids is 2. The molecule has 100 valence electrons. The van der Waals surface area contributed by atoms with Crippen LogP contribution in [0.1, 0.15) is 46.5 Å². The Kier molecular flexibility index (Phi) is 3.88. The summed E-state index contributed by atoms with van der Waals surface area (Å²) in [6.45, 7) is 5.96. The summed E-state index contributed by atoms with van der Waals surface area (Å²) in [6, 6.07) is 0. The molecule has 0 N–H and O–H groups in total. The van der Waals surface area contributed by atoms with E-state index >= 15 is 0 Å². The Labute approximate surface area is 109 Å². The molecule has 1 heterocycles. The van der Waals surface area contributed by atoms with Gasteiger partial charge in [0.2, 0.25) is 0 Å². The number of esters is 1. The van der Waals surface area contributed by atoms with Crippen molar-refractivity contribution < 1.29 is 14.3 Å². The van der Waals surface area contributed by atoms with Crippen LogP contribution in [-0.2, 0) is 14.3 Å². The Balaban J connectivity index is 2.21. The van der Waals surface area contributed by atoms with E-state index in [1.807, 2.05) is 19.9 Å². The number of hydrogen-bond acceptors (Lipinski definition) is 3. The Hall–Kier alpha value is -1.12. The van der Waals surface area contributed by atoms with Crippen LogP contribution in [0.3, 0.4) is 0 Å². The number of Topliss-reactive ketones (excluding diaryl/α,β-unsaturated/α-hetero) is 1. The molecule has 2 aliphatic rings. The van der Waals surface area contributed by atoms with Crippen molar-refractivity contribution >= 4 is 11.8 Å². The third-order valence-corrected chi connectivity index (χ3v) is 4.39. The molecular formula is C15H22O3. The van der Waals surface area contributed by atoms with Crippen molar-refractivity contribution in [3.05, 3.63) is 11.6 Å². The van der Waals surface area contributed by atoms with Crippen LogP contribution in [0.25, 0.3) is 0 Å². The van der Waals surface area contributed by atoms with Gasteiger partial charge in [-0.2, -0.15) is 0 Å². The van der Waals surface area contributed by atoms with Crippen molar-refractivity contribution in [3.8, 4) is 0 Å². The summed E-state index contributed by atoms with van der Waals surface area (Å²) < 4.78 is 5.49. The number of rotatable bonds is 0. The maximum absolute atomic E-state index is 11.8. The van der Waals surface area contributed by atoms with Gasteiger partial charge in [-0.25, -0.2) is 0 Å². The van der Waals surface area contributed by atoms with Crippen LogP contribution >= 0.6 is 0 Å². The van der Waals surface area contributed by atoms with E-state index in [1.54, 1.807) is 0 Å². The maximum atomic E-state index is 11.8. The van der Waals surface area contributed by atoms with Gasteiger partial charge in [0.15, 0.2) is 5.78 Å². The first-order valence-corrected chi connectivity index (χ1v) is 6.89. The standard InChI is InChI=1S/C15H22O3/c1-9-4-7-13(16)10(2)5-6-12-11(3)15(17)18-14(12)8-9/h5,9,11-12,14H,4,6-8H2,1-3H3. The summed E-state index contributed by atoms with van der Waals surface area (Å²) in [5.74, 6) is 0.805. The van der Waals surface area contributed by atoms with Gasteiger partial charge in [-0.3, -0.25) is 9.59 Å². The molecule has 0 spiro atoms. The Morgan fingerprint density at radius 3 is 2.72 bits per heavy atom. The SMILES string of the molecule is CC1=CCC2C(CC(C)CCC1=O)OC(=O)C2C. The lowest BCUT2D eigenvalue weighted by Gasteiger charge is -2.23. The average molecular weight is 250 g/mol. The van der Waals surface area contributed by atoms with E-state index in [-0.39, 0.29) is 29.7 Å². The zero-order valence-corrected chi connectivity index (χ0v) is 11.4. The van der Waals surface area contributed by atoms with Crippen LogP contribution in [0.4, 0.5) is 0 Å². The smallest absolute Gasteiger partial charge is 0.309 e. The second-order valence-corrected chi connectivity index (χ2v) is 5.85. The van der Waals surface area contributed by atoms with Gasteiger partial charge >= 0.3 is 5.97 Å². The number of ketones is 1. The zero-order valence-electron chi connectivity index (χ0n) is 11.4. The van der Waals surface area contributed by atoms with E-state index in [0.717, 1.165) is 24.8 Å². The number of hydrogen-bond donors (Lipinski definition) is 0. The monoisotopic (exact) mass is 250 g/mol. The largest absolute Gasteiger partial charge is 0.462 e. The van der Waals surface area contributed by atoms with E-state index in [0.29, 0.717) is 12.3 Å². The molecule has 0 aromatic heterocycles. The van der Waals surface area contributed by atoms with Gasteiger partial charge in [0.25, 0.3) is 0 Å². The fraction of sp³-hybridized carbons (Fsp3) is 0.733. The molecule has 1 saturated heterocycles. The molecule has 0 bridgehead atoms. The number of carbonyl (C=O) groups is 2. The van der Waals surface area contributed by atoms with Crippen LogP contribution in [0, 0.1) is 17.8 Å². The Bertz CT molecular complexity index is 383. The number of allylic oxidation sites excluding steroid dienone is 2. The lowest BCUT2D eigenvalue weighted by Crippen LogP contribution is -2.23. The molecule has 0 radical (unpaired) electrons. The summed E-state index contributed by atoms with van der Waals surface area (Å²) in [5, 5.41) is 0. The molecule has 0 saturated carbocycles. The van der Waals surface area contributed by atoms with Crippen LogP contribution in [0.15, 0.2) is 11.6 Å². The van der Waals surface area contributed by atoms with Crippen molar-refractivity contribution in [1.82, 2.24) is 0 Å². The van der Waals surface area contributed by atoms with Crippen LogP contribution in [0.5, 0.6) is 0 Å². The molecule has 4 unspecified atom stereocenters. The van der Waals surface area contributed by atoms with Gasteiger partial charge < -0.3 is 4.74 Å². The molecular weight excluding hydrogens is 228 g/mol. The molecule has 0 amide bonds. The molecule has 3 heteroatoms. The average Bonchev–Trinajstić information content (AvgIpc) is 2.58. The second-order valence-electron chi connectivity index (χ2n) is 5.85. The maximum Gasteiger partial charge on any atom is 0.309 e. The number of fused-ring (bicyclic) bond motifs is 1. The quantitative estimate of drug-likeness (QED) is 0.621. The zero-order chi connectivity index (χ0) is 13.3. The lowest BCUT2D eigenvalue weighted by atomic mass is 9.82. The first kappa shape index (κ1) is 13.3. The molecule has 2 rings (SSSR count). The minimum absolute atomic E-state index is 0.0409. The molecule has 1 fully saturated rings. The number of ether oxygens (including phenoxy) is 1. The van der Waals surface area contributed by atoms with Crippen LogP contribution in [0.2, 0.25) is 0 Å². The molecule has 4 atom stereocenters. The first-order valence-electron chi connectivity index (χ1n) is 6.89. The summed E-state index contributed by atoms with van der Waals surface area (Å²) >= 11 is 0. The Morgan fingerprint density at radius 1 is 1.28 bits per heavy atom. The van der Waals surface area contributed by atoms with E-state index in [4.69, 9.17) is 4.74 Å². The summed E-state index contributed by atoms with van der Waals surface area (Å²) in [6.07, 6.45) is 5.21. The molecule has 1 aliphatic carbocycles. The van der Waals surface area contributed by atoms with Gasteiger partial charge in [-0.05, 0) is 37.7 Å². The van der Waals surface area contributed by atoms with Crippen molar-refractivity contribution in [3.63, 3.8) is 0 Å². The van der Waals surface area contributed by atoms with Crippen molar-refractivity contribution in [1.29, 1.82) is 0 Å². The summed E-state index contributed by atoms with van der Waals surface area (Å²) in [4.78, 5) is 23.5. The van der Waals surface area contributed by atoms with E-state index in [2.05, 4.69) is 6.92 Å².